The highest BCUT2D eigenvalue weighted by Gasteiger charge is 2.21. The largest absolute Gasteiger partial charge is 0.475 e. The molecule has 7 heteroatoms. The van der Waals surface area contributed by atoms with Gasteiger partial charge in [-0.2, -0.15) is 0 Å². The molecule has 0 saturated carbocycles. The molecule has 0 radical (unpaired) electrons. The predicted molar refractivity (Wildman–Crippen MR) is 99.2 cm³/mol. The van der Waals surface area contributed by atoms with E-state index in [0.717, 1.165) is 26.1 Å². The molecule has 1 saturated heterocycles. The number of pyridine rings is 2. The van der Waals surface area contributed by atoms with Crippen LogP contribution in [0.25, 0.3) is 21.5 Å². The van der Waals surface area contributed by atoms with Gasteiger partial charge < -0.3 is 15.0 Å². The van der Waals surface area contributed by atoms with E-state index in [1.807, 2.05) is 18.2 Å². The van der Waals surface area contributed by atoms with E-state index in [2.05, 4.69) is 37.9 Å². The van der Waals surface area contributed by atoms with Gasteiger partial charge in [-0.1, -0.05) is 0 Å². The maximum Gasteiger partial charge on any atom is 0.255 e. The van der Waals surface area contributed by atoms with Crippen molar-refractivity contribution in [1.29, 1.82) is 0 Å². The molecule has 2 aromatic heterocycles. The molecule has 1 aromatic carbocycles. The molecule has 1 aliphatic rings. The average molecular weight is 435 g/mol. The van der Waals surface area contributed by atoms with Crippen molar-refractivity contribution >= 4 is 50.0 Å². The van der Waals surface area contributed by atoms with Gasteiger partial charge in [0.1, 0.15) is 6.61 Å². The first-order valence-electron chi connectivity index (χ1n) is 7.63. The summed E-state index contributed by atoms with van der Waals surface area (Å²) in [5.41, 5.74) is -0.111. The number of carbonyl (C=O) groups is 1. The topological polar surface area (TPSA) is 84.1 Å². The minimum atomic E-state index is -0.111. The Kier molecular flexibility index (Phi) is 3.87. The van der Waals surface area contributed by atoms with Gasteiger partial charge in [-0.15, -0.1) is 0 Å². The lowest BCUT2D eigenvalue weighted by atomic mass is 10.1. The second-order valence-corrected chi connectivity index (χ2v) is 6.98. The Bertz CT molecular complexity index is 1020. The van der Waals surface area contributed by atoms with E-state index in [1.54, 1.807) is 12.4 Å². The van der Waals surface area contributed by atoms with E-state index in [0.29, 0.717) is 24.3 Å². The molecule has 0 spiro atoms. The number of amides is 1. The number of benzene rings is 1. The van der Waals surface area contributed by atoms with Gasteiger partial charge in [0.15, 0.2) is 0 Å². The molecule has 1 aliphatic heterocycles. The van der Waals surface area contributed by atoms with E-state index in [1.165, 1.54) is 0 Å². The van der Waals surface area contributed by atoms with Crippen LogP contribution in [0, 0.1) is 3.57 Å². The number of halogens is 1. The Balaban J connectivity index is 1.76. The first kappa shape index (κ1) is 15.4. The minimum Gasteiger partial charge on any atom is -0.475 e. The monoisotopic (exact) mass is 435 g/mol. The molecular weight excluding hydrogens is 421 g/mol. The molecule has 24 heavy (non-hydrogen) atoms. The van der Waals surface area contributed by atoms with Crippen LogP contribution in [-0.2, 0) is 4.79 Å². The maximum atomic E-state index is 12.0. The summed E-state index contributed by atoms with van der Waals surface area (Å²) in [6.45, 7) is 0.391. The Morgan fingerprint density at radius 3 is 2.92 bits per heavy atom. The van der Waals surface area contributed by atoms with Crippen LogP contribution in [0.3, 0.4) is 0 Å². The number of aromatic amines is 1. The Labute approximate surface area is 150 Å². The summed E-state index contributed by atoms with van der Waals surface area (Å²) < 4.78 is 6.82. The standard InChI is InChI=1S/C17H14IN3O3/c18-14-7-20-16(23)13-5-9-3-4-19-17(11(9)6-12(13)14)24-8-10-1-2-15(22)21-10/h3-7,10H,1-2,8H2,(H,20,23)(H,21,22)/t10-/m0/s1. The summed E-state index contributed by atoms with van der Waals surface area (Å²) in [5.74, 6) is 0.584. The predicted octanol–water partition coefficient (Wildman–Crippen LogP) is 2.34. The summed E-state index contributed by atoms with van der Waals surface area (Å²) in [6.07, 6.45) is 4.68. The zero-order valence-electron chi connectivity index (χ0n) is 12.6. The molecule has 2 N–H and O–H groups in total. The number of nitrogens with zero attached hydrogens (tertiary/aromatic N) is 1. The van der Waals surface area contributed by atoms with Crippen LogP contribution in [0.5, 0.6) is 5.88 Å². The van der Waals surface area contributed by atoms with Crippen molar-refractivity contribution in [2.24, 2.45) is 0 Å². The lowest BCUT2D eigenvalue weighted by Gasteiger charge is -2.13. The van der Waals surface area contributed by atoms with Crippen LogP contribution in [0.4, 0.5) is 0 Å². The van der Waals surface area contributed by atoms with Crippen molar-refractivity contribution in [2.75, 3.05) is 6.61 Å². The molecular formula is C17H14IN3O3. The fourth-order valence-corrected chi connectivity index (χ4v) is 3.56. The zero-order valence-corrected chi connectivity index (χ0v) is 14.8. The van der Waals surface area contributed by atoms with Gasteiger partial charge >= 0.3 is 0 Å². The first-order valence-corrected chi connectivity index (χ1v) is 8.71. The molecule has 3 aromatic rings. The van der Waals surface area contributed by atoms with Crippen molar-refractivity contribution in [3.05, 3.63) is 44.5 Å². The number of rotatable bonds is 3. The van der Waals surface area contributed by atoms with Crippen molar-refractivity contribution in [1.82, 2.24) is 15.3 Å². The Hall–Kier alpha value is -2.16. The zero-order chi connectivity index (χ0) is 16.7. The second kappa shape index (κ2) is 6.04. The smallest absolute Gasteiger partial charge is 0.255 e. The van der Waals surface area contributed by atoms with Crippen molar-refractivity contribution in [3.8, 4) is 5.88 Å². The second-order valence-electron chi connectivity index (χ2n) is 5.81. The lowest BCUT2D eigenvalue weighted by molar-refractivity contribution is -0.119. The third-order valence-electron chi connectivity index (χ3n) is 4.20. The van der Waals surface area contributed by atoms with Crippen molar-refractivity contribution in [2.45, 2.75) is 18.9 Å². The summed E-state index contributed by atoms with van der Waals surface area (Å²) in [7, 11) is 0. The van der Waals surface area contributed by atoms with Gasteiger partial charge in [-0.3, -0.25) is 9.59 Å². The van der Waals surface area contributed by atoms with E-state index >= 15 is 0 Å². The van der Waals surface area contributed by atoms with Crippen LogP contribution >= 0.6 is 22.6 Å². The van der Waals surface area contributed by atoms with E-state index in [4.69, 9.17) is 4.74 Å². The Morgan fingerprint density at radius 2 is 2.12 bits per heavy atom. The first-order chi connectivity index (χ1) is 11.6. The van der Waals surface area contributed by atoms with Crippen molar-refractivity contribution in [3.63, 3.8) is 0 Å². The fourth-order valence-electron chi connectivity index (χ4n) is 2.96. The number of fused-ring (bicyclic) bond motifs is 2. The third kappa shape index (κ3) is 2.72. The normalized spacial score (nSPS) is 17.4. The highest BCUT2D eigenvalue weighted by Crippen LogP contribution is 2.29. The lowest BCUT2D eigenvalue weighted by Crippen LogP contribution is -2.31. The van der Waals surface area contributed by atoms with Crippen molar-refractivity contribution < 1.29 is 9.53 Å². The fraction of sp³-hybridized carbons (Fsp3) is 0.235. The van der Waals surface area contributed by atoms with Crippen LogP contribution in [0.2, 0.25) is 0 Å². The van der Waals surface area contributed by atoms with E-state index in [9.17, 15) is 9.59 Å². The summed E-state index contributed by atoms with van der Waals surface area (Å²) in [6, 6.07) is 5.69. The molecule has 122 valence electrons. The number of hydrogen-bond acceptors (Lipinski definition) is 4. The quantitative estimate of drug-likeness (QED) is 0.489. The average Bonchev–Trinajstić information content (AvgIpc) is 3.00. The number of carbonyl (C=O) groups excluding carboxylic acids is 1. The third-order valence-corrected chi connectivity index (χ3v) is 5.10. The summed E-state index contributed by atoms with van der Waals surface area (Å²) in [4.78, 5) is 30.4. The van der Waals surface area contributed by atoms with Gasteiger partial charge in [0.05, 0.1) is 6.04 Å². The number of nitrogens with one attached hydrogen (secondary N) is 2. The van der Waals surface area contributed by atoms with Gasteiger partial charge in [-0.05, 0) is 52.6 Å². The van der Waals surface area contributed by atoms with E-state index in [-0.39, 0.29) is 17.5 Å². The molecule has 1 fully saturated rings. The molecule has 0 bridgehead atoms. The molecule has 4 rings (SSSR count). The highest BCUT2D eigenvalue weighted by atomic mass is 127. The van der Waals surface area contributed by atoms with Gasteiger partial charge in [0.25, 0.3) is 5.56 Å². The molecule has 6 nitrogen and oxygen atoms in total. The number of aromatic nitrogens is 2. The summed E-state index contributed by atoms with van der Waals surface area (Å²) in [5, 5.41) is 6.16. The molecule has 1 atom stereocenters. The highest BCUT2D eigenvalue weighted by molar-refractivity contribution is 14.1. The van der Waals surface area contributed by atoms with Crippen LogP contribution in [-0.4, -0.2) is 28.5 Å². The minimum absolute atomic E-state index is 0.0259. The number of hydrogen-bond donors (Lipinski definition) is 2. The molecule has 0 aliphatic carbocycles. The van der Waals surface area contributed by atoms with Crippen LogP contribution in [0.1, 0.15) is 12.8 Å². The summed E-state index contributed by atoms with van der Waals surface area (Å²) >= 11 is 2.19. The SMILES string of the molecule is O=C1CC[C@@H](COc2nccc3cc4c(=O)[nH]cc(I)c4cc23)N1. The maximum absolute atomic E-state index is 12.0. The van der Waals surface area contributed by atoms with Gasteiger partial charge in [0.2, 0.25) is 11.8 Å². The van der Waals surface area contributed by atoms with Crippen LogP contribution < -0.4 is 15.6 Å². The number of H-pyrrole nitrogens is 1. The van der Waals surface area contributed by atoms with Crippen LogP contribution in [0.15, 0.2) is 35.4 Å². The van der Waals surface area contributed by atoms with Gasteiger partial charge in [0, 0.05) is 38.5 Å². The molecule has 0 unspecified atom stereocenters. The number of ether oxygens (including phenoxy) is 1. The molecule has 1 amide bonds. The molecule has 3 heterocycles. The van der Waals surface area contributed by atoms with E-state index < -0.39 is 0 Å². The Morgan fingerprint density at radius 1 is 1.25 bits per heavy atom. The van der Waals surface area contributed by atoms with Gasteiger partial charge in [-0.25, -0.2) is 4.98 Å².